The fourth-order valence-corrected chi connectivity index (χ4v) is 6.19. The Labute approximate surface area is 192 Å². The van der Waals surface area contributed by atoms with E-state index >= 15 is 0 Å². The number of carboxylic acid groups (broad SMARTS) is 1. The average Bonchev–Trinajstić information content (AvgIpc) is 3.34. The maximum Gasteiger partial charge on any atom is 0.355 e. The van der Waals surface area contributed by atoms with Crippen LogP contribution in [0.5, 0.6) is 5.75 Å². The number of benzene rings is 1. The van der Waals surface area contributed by atoms with E-state index < -0.39 is 12.1 Å². The van der Waals surface area contributed by atoms with Crippen LogP contribution < -0.4 is 4.74 Å². The Morgan fingerprint density at radius 1 is 1.25 bits per heavy atom. The van der Waals surface area contributed by atoms with Crippen LogP contribution in [0.25, 0.3) is 0 Å². The summed E-state index contributed by atoms with van der Waals surface area (Å²) in [5, 5.41) is 22.1. The van der Waals surface area contributed by atoms with Crippen LogP contribution in [-0.4, -0.2) is 40.0 Å². The molecule has 0 radical (unpaired) electrons. The number of ether oxygens (including phenoxy) is 2. The molecule has 2 N–H and O–H groups in total. The molecule has 0 unspecified atom stereocenters. The molecule has 3 aliphatic rings. The van der Waals surface area contributed by atoms with Crippen LogP contribution in [0.4, 0.5) is 0 Å². The number of rotatable bonds is 8. The summed E-state index contributed by atoms with van der Waals surface area (Å²) in [6, 6.07) is 6.45. The highest BCUT2D eigenvalue weighted by Gasteiger charge is 2.47. The number of aryl methyl sites for hydroxylation is 1. The van der Waals surface area contributed by atoms with Gasteiger partial charge in [0.15, 0.2) is 5.69 Å². The zero-order chi connectivity index (χ0) is 22.2. The van der Waals surface area contributed by atoms with Crippen molar-refractivity contribution >= 4 is 17.3 Å². The first-order chi connectivity index (χ1) is 15.5. The van der Waals surface area contributed by atoms with Crippen LogP contribution in [0, 0.1) is 17.8 Å². The molecule has 0 amide bonds. The van der Waals surface area contributed by atoms with Gasteiger partial charge in [0.05, 0.1) is 18.8 Å². The van der Waals surface area contributed by atoms with E-state index in [4.69, 9.17) is 14.6 Å². The van der Waals surface area contributed by atoms with E-state index in [0.29, 0.717) is 18.0 Å². The summed E-state index contributed by atoms with van der Waals surface area (Å²) in [5.41, 5.74) is 2.89. The first-order valence-electron chi connectivity index (χ1n) is 11.8. The van der Waals surface area contributed by atoms with Crippen LogP contribution >= 0.6 is 11.3 Å². The van der Waals surface area contributed by atoms with E-state index in [2.05, 4.69) is 30.1 Å². The molecule has 2 saturated carbocycles. The Hall–Kier alpha value is -1.96. The van der Waals surface area contributed by atoms with Gasteiger partial charge in [-0.05, 0) is 73.6 Å². The second-order valence-corrected chi connectivity index (χ2v) is 10.4. The maximum atomic E-state index is 11.1. The predicted molar refractivity (Wildman–Crippen MR) is 121 cm³/mol. The highest BCUT2D eigenvalue weighted by Crippen LogP contribution is 2.46. The lowest BCUT2D eigenvalue weighted by Gasteiger charge is -2.33. The Kier molecular flexibility index (Phi) is 6.23. The second-order valence-electron chi connectivity index (χ2n) is 9.49. The normalized spacial score (nSPS) is 29.6. The minimum Gasteiger partial charge on any atom is -0.493 e. The van der Waals surface area contributed by atoms with E-state index in [1.807, 2.05) is 0 Å². The molecule has 5 atom stereocenters. The fraction of sp³-hybridized carbons (Fsp3) is 0.600. The summed E-state index contributed by atoms with van der Waals surface area (Å²) >= 11 is 1.34. The molecule has 1 saturated heterocycles. The van der Waals surface area contributed by atoms with E-state index in [9.17, 15) is 9.90 Å². The molecule has 3 fully saturated rings. The van der Waals surface area contributed by atoms with Crippen molar-refractivity contribution in [3.05, 3.63) is 45.4 Å². The molecule has 5 rings (SSSR count). The Balaban J connectivity index is 1.21. The average molecular weight is 458 g/mol. The van der Waals surface area contributed by atoms with Gasteiger partial charge in [-0.15, -0.1) is 11.3 Å². The molecule has 0 spiro atoms. The molecule has 7 heteroatoms. The molecule has 2 heterocycles. The Bertz CT molecular complexity index is 971. The molecule has 2 aromatic rings. The van der Waals surface area contributed by atoms with Crippen molar-refractivity contribution in [2.45, 2.75) is 70.2 Å². The van der Waals surface area contributed by atoms with Crippen molar-refractivity contribution in [1.29, 1.82) is 0 Å². The van der Waals surface area contributed by atoms with Crippen molar-refractivity contribution in [2.75, 3.05) is 6.61 Å². The molecular formula is C25H31NO5S. The lowest BCUT2D eigenvalue weighted by atomic mass is 9.87. The summed E-state index contributed by atoms with van der Waals surface area (Å²) in [6.45, 7) is 2.69. The van der Waals surface area contributed by atoms with Crippen molar-refractivity contribution in [1.82, 2.24) is 4.98 Å². The third kappa shape index (κ3) is 4.56. The molecule has 32 heavy (non-hydrogen) atoms. The highest BCUT2D eigenvalue weighted by molar-refractivity contribution is 7.09. The number of aromatic nitrogens is 1. The topological polar surface area (TPSA) is 88.9 Å². The summed E-state index contributed by atoms with van der Waals surface area (Å²) in [4.78, 5) is 15.3. The van der Waals surface area contributed by atoms with Crippen molar-refractivity contribution < 1.29 is 24.5 Å². The lowest BCUT2D eigenvalue weighted by Crippen LogP contribution is -2.33. The first-order valence-corrected chi connectivity index (χ1v) is 12.7. The minimum absolute atomic E-state index is 0.0394. The monoisotopic (exact) mass is 457 g/mol. The molecule has 1 aliphatic heterocycles. The number of aliphatic hydroxyl groups is 1. The molecule has 1 aromatic heterocycles. The largest absolute Gasteiger partial charge is 0.493 e. The van der Waals surface area contributed by atoms with Gasteiger partial charge < -0.3 is 19.7 Å². The summed E-state index contributed by atoms with van der Waals surface area (Å²) in [6.07, 6.45) is 6.49. The van der Waals surface area contributed by atoms with Gasteiger partial charge in [0.2, 0.25) is 0 Å². The van der Waals surface area contributed by atoms with Gasteiger partial charge in [-0.1, -0.05) is 13.0 Å². The number of carbonyl (C=O) groups is 1. The maximum absolute atomic E-state index is 11.1. The zero-order valence-corrected chi connectivity index (χ0v) is 19.2. The molecular weight excluding hydrogens is 426 g/mol. The minimum atomic E-state index is -1.01. The molecule has 2 aliphatic carbocycles. The van der Waals surface area contributed by atoms with Crippen LogP contribution in [0.1, 0.15) is 71.8 Å². The van der Waals surface area contributed by atoms with Crippen LogP contribution in [0.3, 0.4) is 0 Å². The molecule has 172 valence electrons. The third-order valence-corrected chi connectivity index (χ3v) is 8.26. The van der Waals surface area contributed by atoms with E-state index in [-0.39, 0.29) is 29.7 Å². The number of aliphatic hydroxyl groups excluding tert-OH is 1. The SMILES string of the molecule is CCc1ccc(OC[C@@H]2[C@H]3CC[C@H](c4nc(C(=O)O)cs4)O[C@H]3C[C@@H]2O)cc1CC1CC1. The highest BCUT2D eigenvalue weighted by atomic mass is 32.1. The van der Waals surface area contributed by atoms with Gasteiger partial charge in [0, 0.05) is 17.7 Å². The third-order valence-electron chi connectivity index (χ3n) is 7.32. The van der Waals surface area contributed by atoms with Crippen molar-refractivity contribution in [3.63, 3.8) is 0 Å². The molecule has 1 aromatic carbocycles. The number of carboxylic acids is 1. The van der Waals surface area contributed by atoms with E-state index in [0.717, 1.165) is 37.4 Å². The first kappa shape index (κ1) is 21.9. The number of thiazole rings is 1. The Morgan fingerprint density at radius 3 is 2.81 bits per heavy atom. The molecule has 0 bridgehead atoms. The van der Waals surface area contributed by atoms with Crippen molar-refractivity contribution in [3.8, 4) is 5.75 Å². The smallest absolute Gasteiger partial charge is 0.355 e. The van der Waals surface area contributed by atoms with Gasteiger partial charge in [-0.25, -0.2) is 9.78 Å². The standard InChI is InChI=1S/C25H31NO5S/c1-2-15-5-6-17(10-16(15)9-14-3-4-14)30-12-19-18-7-8-22(31-23(18)11-21(19)27)24-26-20(13-32-24)25(28)29/h5-6,10,13-14,18-19,21-23,27H,2-4,7-9,11-12H2,1H3,(H,28,29)/t18-,19-,21+,22-,23+/m1/s1. The van der Waals surface area contributed by atoms with Gasteiger partial charge in [0.25, 0.3) is 0 Å². The van der Waals surface area contributed by atoms with Crippen LogP contribution in [-0.2, 0) is 17.6 Å². The van der Waals surface area contributed by atoms with Gasteiger partial charge in [0.1, 0.15) is 16.9 Å². The predicted octanol–water partition coefficient (Wildman–Crippen LogP) is 4.65. The number of aromatic carboxylic acids is 1. The second kappa shape index (κ2) is 9.12. The number of hydrogen-bond donors (Lipinski definition) is 2. The zero-order valence-electron chi connectivity index (χ0n) is 18.4. The summed E-state index contributed by atoms with van der Waals surface area (Å²) < 4.78 is 12.5. The fourth-order valence-electron chi connectivity index (χ4n) is 5.33. The van der Waals surface area contributed by atoms with Crippen LogP contribution in [0.15, 0.2) is 23.6 Å². The quantitative estimate of drug-likeness (QED) is 0.600. The van der Waals surface area contributed by atoms with Crippen LogP contribution in [0.2, 0.25) is 0 Å². The number of fused-ring (bicyclic) bond motifs is 1. The number of hydrogen-bond acceptors (Lipinski definition) is 6. The van der Waals surface area contributed by atoms with E-state index in [1.165, 1.54) is 35.3 Å². The summed E-state index contributed by atoms with van der Waals surface area (Å²) in [5.74, 6) is 1.02. The lowest BCUT2D eigenvalue weighted by molar-refractivity contribution is -0.0811. The number of nitrogens with zero attached hydrogens (tertiary/aromatic N) is 1. The van der Waals surface area contributed by atoms with Gasteiger partial charge >= 0.3 is 5.97 Å². The van der Waals surface area contributed by atoms with Crippen molar-refractivity contribution in [2.24, 2.45) is 17.8 Å². The molecule has 6 nitrogen and oxygen atoms in total. The Morgan fingerprint density at radius 2 is 2.09 bits per heavy atom. The van der Waals surface area contributed by atoms with Gasteiger partial charge in [-0.2, -0.15) is 0 Å². The summed E-state index contributed by atoms with van der Waals surface area (Å²) in [7, 11) is 0. The van der Waals surface area contributed by atoms with E-state index in [1.54, 1.807) is 5.38 Å². The van der Waals surface area contributed by atoms with Gasteiger partial charge in [-0.3, -0.25) is 0 Å².